The molecule has 0 atom stereocenters. The summed E-state index contributed by atoms with van der Waals surface area (Å²) >= 11 is 0. The first-order valence-electron chi connectivity index (χ1n) is 9.86. The van der Waals surface area contributed by atoms with Crippen molar-refractivity contribution in [2.45, 2.75) is 26.4 Å². The van der Waals surface area contributed by atoms with E-state index in [4.69, 9.17) is 4.74 Å². The lowest BCUT2D eigenvalue weighted by Gasteiger charge is -2.27. The van der Waals surface area contributed by atoms with E-state index in [0.717, 1.165) is 45.0 Å². The summed E-state index contributed by atoms with van der Waals surface area (Å²) in [6.45, 7) is 9.82. The van der Waals surface area contributed by atoms with Crippen LogP contribution in [0.5, 0.6) is 0 Å². The van der Waals surface area contributed by atoms with Gasteiger partial charge in [0.05, 0.1) is 13.2 Å². The average molecular weight is 383 g/mol. The predicted molar refractivity (Wildman–Crippen MR) is 109 cm³/mol. The molecule has 28 heavy (non-hydrogen) atoms. The van der Waals surface area contributed by atoms with Gasteiger partial charge in [0.25, 0.3) is 5.91 Å². The summed E-state index contributed by atoms with van der Waals surface area (Å²) in [5.74, 6) is 0.579. The summed E-state index contributed by atoms with van der Waals surface area (Å²) in [6, 6.07) is 13.6. The summed E-state index contributed by atoms with van der Waals surface area (Å²) in [7, 11) is 0. The number of hydrogen-bond acceptors (Lipinski definition) is 6. The predicted octanol–water partition coefficient (Wildman–Crippen LogP) is 2.27. The van der Waals surface area contributed by atoms with E-state index >= 15 is 0 Å². The fraction of sp³-hybridized carbons (Fsp3) is 0.476. The maximum atomic E-state index is 12.9. The van der Waals surface area contributed by atoms with Crippen LogP contribution in [0.1, 0.15) is 29.9 Å². The van der Waals surface area contributed by atoms with Gasteiger partial charge >= 0.3 is 0 Å². The Kier molecular flexibility index (Phi) is 7.33. The smallest absolute Gasteiger partial charge is 0.274 e. The molecule has 150 valence electrons. The molecular formula is C21H29N5O2. The number of ether oxygens (including phenoxy) is 1. The Morgan fingerprint density at radius 1 is 1.14 bits per heavy atom. The van der Waals surface area contributed by atoms with Crippen LogP contribution in [0.2, 0.25) is 0 Å². The lowest BCUT2D eigenvalue weighted by atomic mass is 10.1. The molecule has 3 rings (SSSR count). The molecule has 7 nitrogen and oxygen atoms in total. The first-order valence-corrected chi connectivity index (χ1v) is 9.86. The molecule has 2 aromatic rings. The van der Waals surface area contributed by atoms with E-state index in [1.54, 1.807) is 6.07 Å². The zero-order chi connectivity index (χ0) is 19.8. The molecule has 1 aliphatic heterocycles. The third kappa shape index (κ3) is 5.74. The number of anilines is 1. The van der Waals surface area contributed by atoms with Crippen molar-refractivity contribution in [2.24, 2.45) is 0 Å². The molecule has 7 heteroatoms. The van der Waals surface area contributed by atoms with Crippen molar-refractivity contribution in [3.8, 4) is 0 Å². The number of carbonyl (C=O) groups is 1. The van der Waals surface area contributed by atoms with Gasteiger partial charge in [0.15, 0.2) is 5.69 Å². The topological polar surface area (TPSA) is 70.6 Å². The Morgan fingerprint density at radius 2 is 1.89 bits per heavy atom. The highest BCUT2D eigenvalue weighted by atomic mass is 16.5. The zero-order valence-corrected chi connectivity index (χ0v) is 16.7. The Balaban J connectivity index is 1.55. The van der Waals surface area contributed by atoms with Gasteiger partial charge in [0, 0.05) is 38.8 Å². The lowest BCUT2D eigenvalue weighted by molar-refractivity contribution is 0.0398. The highest BCUT2D eigenvalue weighted by molar-refractivity contribution is 5.92. The van der Waals surface area contributed by atoms with Crippen molar-refractivity contribution in [3.63, 3.8) is 0 Å². The van der Waals surface area contributed by atoms with Crippen molar-refractivity contribution in [1.82, 2.24) is 20.0 Å². The van der Waals surface area contributed by atoms with Crippen LogP contribution >= 0.6 is 0 Å². The molecule has 1 fully saturated rings. The van der Waals surface area contributed by atoms with E-state index in [-0.39, 0.29) is 11.9 Å². The maximum Gasteiger partial charge on any atom is 0.274 e. The first kappa shape index (κ1) is 20.2. The molecule has 1 amide bonds. The molecule has 0 saturated carbocycles. The van der Waals surface area contributed by atoms with Gasteiger partial charge in [0.2, 0.25) is 0 Å². The van der Waals surface area contributed by atoms with Gasteiger partial charge in [0.1, 0.15) is 5.82 Å². The molecule has 1 aromatic carbocycles. The number of benzene rings is 1. The SMILES string of the molecule is CC(C)N(Cc1ccccc1)C(=O)c1ccc(NCCN2CCOCC2)nn1. The van der Waals surface area contributed by atoms with Crippen LogP contribution in [-0.4, -0.2) is 71.3 Å². The fourth-order valence-electron chi connectivity index (χ4n) is 3.12. The quantitative estimate of drug-likeness (QED) is 0.754. The third-order valence-corrected chi connectivity index (χ3v) is 4.80. The van der Waals surface area contributed by atoms with E-state index in [0.29, 0.717) is 18.1 Å². The van der Waals surface area contributed by atoms with Crippen LogP contribution in [0, 0.1) is 0 Å². The Labute approximate surface area is 166 Å². The molecule has 1 N–H and O–H groups in total. The number of aromatic nitrogens is 2. The number of carbonyl (C=O) groups excluding carboxylic acids is 1. The van der Waals surface area contributed by atoms with Crippen LogP contribution in [0.25, 0.3) is 0 Å². The third-order valence-electron chi connectivity index (χ3n) is 4.80. The van der Waals surface area contributed by atoms with Gasteiger partial charge in [-0.3, -0.25) is 9.69 Å². The van der Waals surface area contributed by atoms with E-state index in [2.05, 4.69) is 20.4 Å². The number of amides is 1. The van der Waals surface area contributed by atoms with E-state index < -0.39 is 0 Å². The Morgan fingerprint density at radius 3 is 2.54 bits per heavy atom. The molecule has 0 unspecified atom stereocenters. The van der Waals surface area contributed by atoms with Gasteiger partial charge in [-0.1, -0.05) is 30.3 Å². The van der Waals surface area contributed by atoms with Gasteiger partial charge in [-0.25, -0.2) is 0 Å². The fourth-order valence-corrected chi connectivity index (χ4v) is 3.12. The minimum atomic E-state index is -0.105. The molecular weight excluding hydrogens is 354 g/mol. The number of morpholine rings is 1. The van der Waals surface area contributed by atoms with E-state index in [9.17, 15) is 4.79 Å². The van der Waals surface area contributed by atoms with Crippen molar-refractivity contribution in [2.75, 3.05) is 44.7 Å². The summed E-state index contributed by atoms with van der Waals surface area (Å²) in [6.07, 6.45) is 0. The summed E-state index contributed by atoms with van der Waals surface area (Å²) in [5.41, 5.74) is 1.46. The molecule has 0 bridgehead atoms. The second-order valence-corrected chi connectivity index (χ2v) is 7.20. The molecule has 1 saturated heterocycles. The molecule has 1 aliphatic rings. The number of nitrogens with zero attached hydrogens (tertiary/aromatic N) is 4. The molecule has 1 aromatic heterocycles. The summed E-state index contributed by atoms with van der Waals surface area (Å²) < 4.78 is 5.35. The van der Waals surface area contributed by atoms with Gasteiger partial charge in [-0.2, -0.15) is 0 Å². The van der Waals surface area contributed by atoms with Crippen LogP contribution in [0.15, 0.2) is 42.5 Å². The van der Waals surface area contributed by atoms with Crippen molar-refractivity contribution in [3.05, 3.63) is 53.7 Å². The van der Waals surface area contributed by atoms with Crippen LogP contribution in [-0.2, 0) is 11.3 Å². The van der Waals surface area contributed by atoms with Crippen molar-refractivity contribution < 1.29 is 9.53 Å². The average Bonchev–Trinajstić information content (AvgIpc) is 2.73. The first-order chi connectivity index (χ1) is 13.6. The van der Waals surface area contributed by atoms with Crippen LogP contribution in [0.4, 0.5) is 5.82 Å². The standard InChI is InChI=1S/C21H29N5O2/c1-17(2)26(16-18-6-4-3-5-7-18)21(27)19-8-9-20(24-23-19)22-10-11-25-12-14-28-15-13-25/h3-9,17H,10-16H2,1-2H3,(H,22,24). The second-order valence-electron chi connectivity index (χ2n) is 7.20. The molecule has 0 spiro atoms. The Hall–Kier alpha value is -2.51. The molecule has 0 radical (unpaired) electrons. The normalized spacial score (nSPS) is 14.8. The van der Waals surface area contributed by atoms with Crippen molar-refractivity contribution >= 4 is 11.7 Å². The minimum Gasteiger partial charge on any atom is -0.379 e. The van der Waals surface area contributed by atoms with Crippen LogP contribution < -0.4 is 5.32 Å². The molecule has 0 aliphatic carbocycles. The summed E-state index contributed by atoms with van der Waals surface area (Å²) in [4.78, 5) is 17.1. The number of rotatable bonds is 8. The largest absolute Gasteiger partial charge is 0.379 e. The highest BCUT2D eigenvalue weighted by Crippen LogP contribution is 2.13. The maximum absolute atomic E-state index is 12.9. The lowest BCUT2D eigenvalue weighted by Crippen LogP contribution is -2.39. The van der Waals surface area contributed by atoms with Gasteiger partial charge in [-0.05, 0) is 31.5 Å². The van der Waals surface area contributed by atoms with Gasteiger partial charge < -0.3 is 15.0 Å². The summed E-state index contributed by atoms with van der Waals surface area (Å²) in [5, 5.41) is 11.6. The Bertz CT molecular complexity index is 730. The van der Waals surface area contributed by atoms with Gasteiger partial charge in [-0.15, -0.1) is 10.2 Å². The van der Waals surface area contributed by atoms with E-state index in [1.165, 1.54) is 0 Å². The molecule has 2 heterocycles. The monoisotopic (exact) mass is 383 g/mol. The number of hydrogen-bond donors (Lipinski definition) is 1. The zero-order valence-electron chi connectivity index (χ0n) is 16.7. The number of nitrogens with one attached hydrogen (secondary N) is 1. The van der Waals surface area contributed by atoms with Crippen molar-refractivity contribution in [1.29, 1.82) is 0 Å². The highest BCUT2D eigenvalue weighted by Gasteiger charge is 2.20. The minimum absolute atomic E-state index is 0.0702. The second kappa shape index (κ2) is 10.1. The van der Waals surface area contributed by atoms with E-state index in [1.807, 2.05) is 55.1 Å². The van der Waals surface area contributed by atoms with Crippen LogP contribution in [0.3, 0.4) is 0 Å².